The number of hydrogen-bond acceptors (Lipinski definition) is 4. The van der Waals surface area contributed by atoms with Crippen LogP contribution < -0.4 is 15.6 Å². The Morgan fingerprint density at radius 1 is 1.46 bits per heavy atom. The summed E-state index contributed by atoms with van der Waals surface area (Å²) in [6.07, 6.45) is -1.94. The summed E-state index contributed by atoms with van der Waals surface area (Å²) < 4.78 is 44.0. The van der Waals surface area contributed by atoms with Crippen molar-refractivity contribution in [1.82, 2.24) is 4.57 Å². The minimum Gasteiger partial charge on any atom is -0.493 e. The van der Waals surface area contributed by atoms with E-state index in [-0.39, 0.29) is 25.7 Å². The maximum absolute atomic E-state index is 13.6. The zero-order chi connectivity index (χ0) is 18.0. The number of nitrogens with zero attached hydrogens (tertiary/aromatic N) is 1. The van der Waals surface area contributed by atoms with Gasteiger partial charge in [-0.15, -0.1) is 11.3 Å². The molecular weight excluding hydrogens is 392 g/mol. The number of aromatic nitrogens is 1. The lowest BCUT2D eigenvalue weighted by atomic mass is 10.3. The number of ether oxygens (including phenoxy) is 1. The number of halogens is 5. The summed E-state index contributed by atoms with van der Waals surface area (Å²) in [4.78, 5) is 23.7. The molecule has 0 unspecified atom stereocenters. The van der Waals surface area contributed by atoms with E-state index in [9.17, 15) is 22.8 Å². The Kier molecular flexibility index (Phi) is 5.79. The number of alkyl halides is 2. The van der Waals surface area contributed by atoms with E-state index >= 15 is 0 Å². The second kappa shape index (κ2) is 7.45. The highest BCUT2D eigenvalue weighted by Crippen LogP contribution is 2.42. The van der Waals surface area contributed by atoms with Crippen molar-refractivity contribution in [3.63, 3.8) is 0 Å². The van der Waals surface area contributed by atoms with Crippen LogP contribution in [0.4, 0.5) is 18.9 Å². The Labute approximate surface area is 147 Å². The molecular formula is C13H9Cl2F3N2O3S. The molecule has 1 N–H and O–H groups in total. The van der Waals surface area contributed by atoms with E-state index in [0.29, 0.717) is 4.57 Å². The van der Waals surface area contributed by atoms with E-state index in [1.54, 1.807) is 0 Å². The third-order valence-electron chi connectivity index (χ3n) is 2.82. The van der Waals surface area contributed by atoms with Crippen molar-refractivity contribution in [1.29, 1.82) is 0 Å². The van der Waals surface area contributed by atoms with E-state index < -0.39 is 30.3 Å². The van der Waals surface area contributed by atoms with Gasteiger partial charge < -0.3 is 14.6 Å². The lowest BCUT2D eigenvalue weighted by Crippen LogP contribution is -2.26. The molecule has 2 heterocycles. The summed E-state index contributed by atoms with van der Waals surface area (Å²) in [7, 11) is 1.28. The molecule has 11 heteroatoms. The average Bonchev–Trinajstić information content (AvgIpc) is 2.79. The minimum absolute atomic E-state index is 0.0134. The molecule has 0 fully saturated rings. The summed E-state index contributed by atoms with van der Waals surface area (Å²) in [6, 6.07) is 0.728. The normalized spacial score (nSPS) is 11.0. The number of rotatable bonds is 5. The molecule has 0 atom stereocenters. The maximum Gasteiger partial charge on any atom is 0.286 e. The molecule has 0 aliphatic heterocycles. The first-order chi connectivity index (χ1) is 11.2. The van der Waals surface area contributed by atoms with Crippen LogP contribution in [-0.2, 0) is 6.54 Å². The first-order valence-corrected chi connectivity index (χ1v) is 7.83. The number of amides is 1. The Hall–Kier alpha value is -1.71. The number of carbonyl (C=O) groups is 1. The molecule has 1 amide bonds. The van der Waals surface area contributed by atoms with Crippen LogP contribution in [0.5, 0.6) is 5.75 Å². The molecule has 5 nitrogen and oxygen atoms in total. The average molecular weight is 401 g/mol. The quantitative estimate of drug-likeness (QED) is 0.828. The van der Waals surface area contributed by atoms with E-state index in [2.05, 4.69) is 5.32 Å². The largest absolute Gasteiger partial charge is 0.493 e. The zero-order valence-electron chi connectivity index (χ0n) is 11.9. The summed E-state index contributed by atoms with van der Waals surface area (Å²) in [5.41, 5.74) is -1.39. The monoisotopic (exact) mass is 400 g/mol. The highest BCUT2D eigenvalue weighted by atomic mass is 35.5. The fourth-order valence-electron chi connectivity index (χ4n) is 1.84. The van der Waals surface area contributed by atoms with Crippen molar-refractivity contribution in [3.05, 3.63) is 42.7 Å². The van der Waals surface area contributed by atoms with Crippen molar-refractivity contribution < 1.29 is 22.7 Å². The highest BCUT2D eigenvalue weighted by Gasteiger charge is 2.23. The lowest BCUT2D eigenvalue weighted by molar-refractivity contribution is 0.102. The van der Waals surface area contributed by atoms with Crippen LogP contribution in [0.1, 0.15) is 9.67 Å². The molecule has 0 bridgehead atoms. The smallest absolute Gasteiger partial charge is 0.286 e. The highest BCUT2D eigenvalue weighted by molar-refractivity contribution is 7.19. The van der Waals surface area contributed by atoms with Gasteiger partial charge in [0.15, 0.2) is 11.6 Å². The van der Waals surface area contributed by atoms with Gasteiger partial charge in [-0.2, -0.15) is 0 Å². The van der Waals surface area contributed by atoms with Crippen LogP contribution in [-0.4, -0.2) is 24.0 Å². The molecule has 2 rings (SSSR count). The van der Waals surface area contributed by atoms with Crippen LogP contribution in [0.3, 0.4) is 0 Å². The van der Waals surface area contributed by atoms with E-state index in [0.717, 1.165) is 23.6 Å². The van der Waals surface area contributed by atoms with Crippen LogP contribution in [0.25, 0.3) is 0 Å². The molecule has 0 aliphatic carbocycles. The van der Waals surface area contributed by atoms with Crippen LogP contribution >= 0.6 is 34.5 Å². The van der Waals surface area contributed by atoms with Gasteiger partial charge in [0.1, 0.15) is 14.2 Å². The van der Waals surface area contributed by atoms with Crippen LogP contribution in [0, 0.1) is 5.82 Å². The molecule has 24 heavy (non-hydrogen) atoms. The number of methoxy groups -OCH3 is 1. The lowest BCUT2D eigenvalue weighted by Gasteiger charge is -2.10. The predicted molar refractivity (Wildman–Crippen MR) is 85.5 cm³/mol. The van der Waals surface area contributed by atoms with Gasteiger partial charge in [0.25, 0.3) is 17.9 Å². The topological polar surface area (TPSA) is 60.3 Å². The molecule has 0 radical (unpaired) electrons. The number of pyridine rings is 1. The van der Waals surface area contributed by atoms with Crippen molar-refractivity contribution in [2.24, 2.45) is 0 Å². The third-order valence-corrected chi connectivity index (χ3v) is 4.76. The van der Waals surface area contributed by atoms with Gasteiger partial charge >= 0.3 is 0 Å². The van der Waals surface area contributed by atoms with Gasteiger partial charge in [-0.3, -0.25) is 9.59 Å². The summed E-state index contributed by atoms with van der Waals surface area (Å²) in [5, 5.41) is 2.33. The van der Waals surface area contributed by atoms with E-state index in [1.165, 1.54) is 7.11 Å². The molecule has 0 aliphatic rings. The Morgan fingerprint density at radius 2 is 2.12 bits per heavy atom. The van der Waals surface area contributed by atoms with E-state index in [4.69, 9.17) is 27.9 Å². The van der Waals surface area contributed by atoms with Crippen molar-refractivity contribution >= 4 is 46.1 Å². The van der Waals surface area contributed by atoms with Gasteiger partial charge in [0.2, 0.25) is 0 Å². The van der Waals surface area contributed by atoms with Gasteiger partial charge in [-0.05, 0) is 0 Å². The summed E-state index contributed by atoms with van der Waals surface area (Å²) in [6.45, 7) is -1.00. The molecule has 0 saturated heterocycles. The van der Waals surface area contributed by atoms with Gasteiger partial charge in [-0.25, -0.2) is 13.2 Å². The van der Waals surface area contributed by atoms with Crippen molar-refractivity contribution in [3.8, 4) is 5.75 Å². The Balaban J connectivity index is 2.34. The molecule has 2 aromatic rings. The van der Waals surface area contributed by atoms with Crippen LogP contribution in [0.15, 0.2) is 17.1 Å². The van der Waals surface area contributed by atoms with Gasteiger partial charge in [-0.1, -0.05) is 23.2 Å². The molecule has 0 aromatic carbocycles. The maximum atomic E-state index is 13.6. The zero-order valence-corrected chi connectivity index (χ0v) is 14.2. The molecule has 130 valence electrons. The first-order valence-electron chi connectivity index (χ1n) is 6.25. The SMILES string of the molecule is COc1c(C(=O)Nc2cc(F)c(=O)n(CC(F)F)c2)sc(Cl)c1Cl. The number of anilines is 1. The molecule has 2 aromatic heterocycles. The predicted octanol–water partition coefficient (Wildman–Crippen LogP) is 3.88. The summed E-state index contributed by atoms with van der Waals surface area (Å²) in [5.74, 6) is -1.99. The number of nitrogens with one attached hydrogen (secondary N) is 1. The second-order valence-corrected chi connectivity index (χ2v) is 6.43. The van der Waals surface area contributed by atoms with Crippen molar-refractivity contribution in [2.45, 2.75) is 13.0 Å². The molecule has 0 saturated carbocycles. The third kappa shape index (κ3) is 3.85. The fourth-order valence-corrected chi connectivity index (χ4v) is 3.29. The van der Waals surface area contributed by atoms with Gasteiger partial charge in [0.05, 0.1) is 19.3 Å². The Bertz CT molecular complexity index is 839. The second-order valence-electron chi connectivity index (χ2n) is 4.43. The number of hydrogen-bond donors (Lipinski definition) is 1. The minimum atomic E-state index is -2.86. The standard InChI is InChI=1S/C13H9Cl2F3N2O3S/c1-23-9-8(14)11(15)24-10(9)12(21)19-5-2-6(16)13(22)20(3-5)4-7(17)18/h2-3,7H,4H2,1H3,(H,19,21). The van der Waals surface area contributed by atoms with Gasteiger partial charge in [0, 0.05) is 12.3 Å². The fraction of sp³-hybridized carbons (Fsp3) is 0.231. The number of carbonyl (C=O) groups excluding carboxylic acids is 1. The molecule has 0 spiro atoms. The number of thiophene rings is 1. The van der Waals surface area contributed by atoms with Crippen molar-refractivity contribution in [2.75, 3.05) is 12.4 Å². The summed E-state index contributed by atoms with van der Waals surface area (Å²) >= 11 is 12.5. The van der Waals surface area contributed by atoms with Crippen LogP contribution in [0.2, 0.25) is 9.36 Å². The van der Waals surface area contributed by atoms with E-state index in [1.807, 2.05) is 0 Å². The first kappa shape index (κ1) is 18.6. The Morgan fingerprint density at radius 3 is 2.71 bits per heavy atom.